The molecule has 0 fully saturated rings. The highest BCUT2D eigenvalue weighted by Gasteiger charge is 2.01. The van der Waals surface area contributed by atoms with Crippen molar-refractivity contribution in [3.8, 4) is 11.8 Å². The van der Waals surface area contributed by atoms with Gasteiger partial charge in [0.05, 0.1) is 18.2 Å². The van der Waals surface area contributed by atoms with Gasteiger partial charge in [0, 0.05) is 18.8 Å². The molecule has 1 heterocycles. The first-order chi connectivity index (χ1) is 9.33. The first-order valence-corrected chi connectivity index (χ1v) is 6.46. The second-order valence-corrected chi connectivity index (χ2v) is 4.27. The minimum atomic E-state index is 0.596. The summed E-state index contributed by atoms with van der Waals surface area (Å²) in [7, 11) is 0. The molecule has 0 spiro atoms. The standard InChI is InChI=1S/C15H17N3O/c1-2-3-15-17-8-9-18(15)10-11-19-14-6-4-13(12-16)5-7-14/h4-9H,2-3,10-11H2,1H3. The highest BCUT2D eigenvalue weighted by molar-refractivity contribution is 5.34. The number of nitriles is 1. The van der Waals surface area contributed by atoms with E-state index < -0.39 is 0 Å². The maximum atomic E-state index is 8.71. The summed E-state index contributed by atoms with van der Waals surface area (Å²) in [6, 6.07) is 9.24. The average molecular weight is 255 g/mol. The molecule has 4 nitrogen and oxygen atoms in total. The second kappa shape index (κ2) is 6.60. The topological polar surface area (TPSA) is 50.8 Å². The number of aromatic nitrogens is 2. The number of hydrogen-bond acceptors (Lipinski definition) is 3. The van der Waals surface area contributed by atoms with Crippen molar-refractivity contribution in [2.45, 2.75) is 26.3 Å². The molecule has 19 heavy (non-hydrogen) atoms. The predicted octanol–water partition coefficient (Wildman–Crippen LogP) is 2.79. The average Bonchev–Trinajstić information content (AvgIpc) is 2.88. The molecule has 2 aromatic rings. The van der Waals surface area contributed by atoms with Crippen molar-refractivity contribution in [3.05, 3.63) is 48.0 Å². The van der Waals surface area contributed by atoms with Crippen LogP contribution in [0.15, 0.2) is 36.7 Å². The normalized spacial score (nSPS) is 10.1. The van der Waals surface area contributed by atoms with E-state index in [1.807, 2.05) is 24.5 Å². The lowest BCUT2D eigenvalue weighted by Crippen LogP contribution is -2.10. The maximum absolute atomic E-state index is 8.71. The number of nitrogens with zero attached hydrogens (tertiary/aromatic N) is 3. The Bertz CT molecular complexity index is 552. The van der Waals surface area contributed by atoms with Gasteiger partial charge in [0.2, 0.25) is 0 Å². The van der Waals surface area contributed by atoms with Gasteiger partial charge in [0.15, 0.2) is 0 Å². The molecule has 0 saturated heterocycles. The zero-order chi connectivity index (χ0) is 13.5. The van der Waals surface area contributed by atoms with Crippen LogP contribution in [0.5, 0.6) is 5.75 Å². The van der Waals surface area contributed by atoms with Crippen LogP contribution < -0.4 is 4.74 Å². The summed E-state index contributed by atoms with van der Waals surface area (Å²) in [6.07, 6.45) is 5.89. The van der Waals surface area contributed by atoms with Gasteiger partial charge in [-0.25, -0.2) is 4.98 Å². The molecule has 0 radical (unpaired) electrons. The molecule has 0 unspecified atom stereocenters. The Balaban J connectivity index is 1.85. The zero-order valence-electron chi connectivity index (χ0n) is 11.0. The Labute approximate surface area is 113 Å². The fraction of sp³-hybridized carbons (Fsp3) is 0.333. The summed E-state index contributed by atoms with van der Waals surface area (Å²) in [5, 5.41) is 8.71. The first kappa shape index (κ1) is 13.2. The Hall–Kier alpha value is -2.28. The van der Waals surface area contributed by atoms with E-state index in [1.165, 1.54) is 0 Å². The predicted molar refractivity (Wildman–Crippen MR) is 72.9 cm³/mol. The Morgan fingerprint density at radius 2 is 2.11 bits per heavy atom. The summed E-state index contributed by atoms with van der Waals surface area (Å²) in [5.41, 5.74) is 0.646. The van der Waals surface area contributed by atoms with Gasteiger partial charge in [-0.15, -0.1) is 0 Å². The van der Waals surface area contributed by atoms with Crippen LogP contribution in [0.4, 0.5) is 0 Å². The third-order valence-electron chi connectivity index (χ3n) is 2.86. The van der Waals surface area contributed by atoms with Gasteiger partial charge < -0.3 is 9.30 Å². The molecule has 4 heteroatoms. The number of hydrogen-bond donors (Lipinski definition) is 0. The fourth-order valence-electron chi connectivity index (χ4n) is 1.88. The molecule has 0 atom stereocenters. The third-order valence-corrected chi connectivity index (χ3v) is 2.86. The van der Waals surface area contributed by atoms with E-state index in [0.717, 1.165) is 31.0 Å². The molecule has 0 bridgehead atoms. The van der Waals surface area contributed by atoms with Gasteiger partial charge in [0.25, 0.3) is 0 Å². The Morgan fingerprint density at radius 3 is 2.79 bits per heavy atom. The van der Waals surface area contributed by atoms with E-state index in [-0.39, 0.29) is 0 Å². The van der Waals surface area contributed by atoms with Gasteiger partial charge in [-0.1, -0.05) is 6.92 Å². The SMILES string of the molecule is CCCc1nccn1CCOc1ccc(C#N)cc1. The summed E-state index contributed by atoms with van der Waals surface area (Å²) in [4.78, 5) is 4.33. The highest BCUT2D eigenvalue weighted by Crippen LogP contribution is 2.11. The van der Waals surface area contributed by atoms with Gasteiger partial charge in [-0.2, -0.15) is 5.26 Å². The van der Waals surface area contributed by atoms with Crippen molar-refractivity contribution in [2.24, 2.45) is 0 Å². The van der Waals surface area contributed by atoms with E-state index >= 15 is 0 Å². The molecule has 1 aromatic heterocycles. The van der Waals surface area contributed by atoms with E-state index in [9.17, 15) is 0 Å². The number of aryl methyl sites for hydroxylation is 1. The van der Waals surface area contributed by atoms with Crippen LogP contribution in [-0.4, -0.2) is 16.2 Å². The zero-order valence-corrected chi connectivity index (χ0v) is 11.0. The van der Waals surface area contributed by atoms with Crippen molar-refractivity contribution < 1.29 is 4.74 Å². The molecule has 0 saturated carbocycles. The van der Waals surface area contributed by atoms with Crippen molar-refractivity contribution >= 4 is 0 Å². The van der Waals surface area contributed by atoms with E-state index in [2.05, 4.69) is 22.5 Å². The first-order valence-electron chi connectivity index (χ1n) is 6.46. The molecule has 0 aliphatic rings. The molecule has 2 rings (SSSR count). The monoisotopic (exact) mass is 255 g/mol. The molecule has 0 aliphatic carbocycles. The third kappa shape index (κ3) is 3.59. The lowest BCUT2D eigenvalue weighted by atomic mass is 10.2. The molecule has 98 valence electrons. The number of benzene rings is 1. The fourth-order valence-corrected chi connectivity index (χ4v) is 1.88. The lowest BCUT2D eigenvalue weighted by molar-refractivity contribution is 0.296. The van der Waals surface area contributed by atoms with E-state index in [1.54, 1.807) is 12.1 Å². The van der Waals surface area contributed by atoms with Crippen LogP contribution in [-0.2, 0) is 13.0 Å². The quantitative estimate of drug-likeness (QED) is 0.797. The largest absolute Gasteiger partial charge is 0.492 e. The minimum Gasteiger partial charge on any atom is -0.492 e. The van der Waals surface area contributed by atoms with E-state index in [0.29, 0.717) is 12.2 Å². The number of imidazole rings is 1. The molecule has 0 amide bonds. The van der Waals surface area contributed by atoms with Crippen molar-refractivity contribution in [2.75, 3.05) is 6.61 Å². The van der Waals surface area contributed by atoms with Gasteiger partial charge in [-0.3, -0.25) is 0 Å². The van der Waals surface area contributed by atoms with Crippen LogP contribution >= 0.6 is 0 Å². The number of ether oxygens (including phenoxy) is 1. The van der Waals surface area contributed by atoms with Gasteiger partial charge >= 0.3 is 0 Å². The van der Waals surface area contributed by atoms with Crippen LogP contribution in [0.1, 0.15) is 24.7 Å². The van der Waals surface area contributed by atoms with Crippen molar-refractivity contribution in [3.63, 3.8) is 0 Å². The Kier molecular flexibility index (Phi) is 4.57. The van der Waals surface area contributed by atoms with Gasteiger partial charge in [0.1, 0.15) is 18.2 Å². The van der Waals surface area contributed by atoms with Crippen molar-refractivity contribution in [1.82, 2.24) is 9.55 Å². The summed E-state index contributed by atoms with van der Waals surface area (Å²) in [5.74, 6) is 1.89. The Morgan fingerprint density at radius 1 is 1.32 bits per heavy atom. The summed E-state index contributed by atoms with van der Waals surface area (Å²) in [6.45, 7) is 3.53. The smallest absolute Gasteiger partial charge is 0.119 e. The maximum Gasteiger partial charge on any atom is 0.119 e. The molecule has 0 N–H and O–H groups in total. The second-order valence-electron chi connectivity index (χ2n) is 4.27. The van der Waals surface area contributed by atoms with Gasteiger partial charge in [-0.05, 0) is 30.7 Å². The molecular formula is C15H17N3O. The molecule has 1 aromatic carbocycles. The lowest BCUT2D eigenvalue weighted by Gasteiger charge is -2.09. The molecule has 0 aliphatic heterocycles. The van der Waals surface area contributed by atoms with E-state index in [4.69, 9.17) is 10.00 Å². The summed E-state index contributed by atoms with van der Waals surface area (Å²) < 4.78 is 7.77. The minimum absolute atomic E-state index is 0.596. The van der Waals surface area contributed by atoms with Crippen molar-refractivity contribution in [1.29, 1.82) is 5.26 Å². The van der Waals surface area contributed by atoms with Crippen LogP contribution in [0.3, 0.4) is 0 Å². The van der Waals surface area contributed by atoms with Crippen LogP contribution in [0, 0.1) is 11.3 Å². The number of rotatable bonds is 6. The van der Waals surface area contributed by atoms with Crippen LogP contribution in [0.2, 0.25) is 0 Å². The molecular weight excluding hydrogens is 238 g/mol. The highest BCUT2D eigenvalue weighted by atomic mass is 16.5. The van der Waals surface area contributed by atoms with Crippen LogP contribution in [0.25, 0.3) is 0 Å². The summed E-state index contributed by atoms with van der Waals surface area (Å²) >= 11 is 0.